The summed E-state index contributed by atoms with van der Waals surface area (Å²) in [6, 6.07) is 6.51. The Hall–Kier alpha value is -2.72. The van der Waals surface area contributed by atoms with E-state index in [4.69, 9.17) is 11.6 Å². The average Bonchev–Trinajstić information content (AvgIpc) is 3.25. The van der Waals surface area contributed by atoms with Gasteiger partial charge in [-0.05, 0) is 38.0 Å². The Bertz CT molecular complexity index is 1200. The molecule has 0 bridgehead atoms. The first-order valence-corrected chi connectivity index (χ1v) is 12.1. The first-order valence-electron chi connectivity index (χ1n) is 9.87. The smallest absolute Gasteiger partial charge is 0.273 e. The van der Waals surface area contributed by atoms with Crippen molar-refractivity contribution in [2.75, 3.05) is 21.8 Å². The van der Waals surface area contributed by atoms with Crippen molar-refractivity contribution in [3.8, 4) is 0 Å². The van der Waals surface area contributed by atoms with Crippen LogP contribution in [0.4, 0.5) is 11.5 Å². The summed E-state index contributed by atoms with van der Waals surface area (Å²) >= 11 is 6.17. The van der Waals surface area contributed by atoms with E-state index in [0.29, 0.717) is 28.6 Å². The quantitative estimate of drug-likeness (QED) is 0.748. The number of carbonyl (C=O) groups excluding carboxylic acids is 2. The van der Waals surface area contributed by atoms with Crippen LogP contribution in [0.3, 0.4) is 0 Å². The molecule has 1 atom stereocenters. The molecule has 2 amide bonds. The van der Waals surface area contributed by atoms with Crippen LogP contribution < -0.4 is 10.3 Å². The van der Waals surface area contributed by atoms with Gasteiger partial charge in [-0.25, -0.2) is 18.1 Å². The summed E-state index contributed by atoms with van der Waals surface area (Å²) in [6.45, 7) is 3.63. The summed E-state index contributed by atoms with van der Waals surface area (Å²) in [6.07, 6.45) is 0.784. The van der Waals surface area contributed by atoms with Gasteiger partial charge in [0.1, 0.15) is 11.5 Å². The number of aromatic nitrogens is 2. The van der Waals surface area contributed by atoms with Crippen molar-refractivity contribution in [3.63, 3.8) is 0 Å². The summed E-state index contributed by atoms with van der Waals surface area (Å²) < 4.78 is 25.3. The van der Waals surface area contributed by atoms with Crippen molar-refractivity contribution in [1.82, 2.24) is 9.78 Å². The Balaban J connectivity index is 1.57. The molecule has 1 unspecified atom stereocenters. The van der Waals surface area contributed by atoms with E-state index in [-0.39, 0.29) is 42.0 Å². The van der Waals surface area contributed by atoms with E-state index in [1.54, 1.807) is 35.9 Å². The number of nitrogens with one attached hydrogen (secondary N) is 1. The SMILES string of the molecule is Cc1cc(NC(=O)C2=NN(c3ccc(C)c(Cl)c3)C(=O)CC2)n(C2CCS(=O)(=O)C2)n1. The highest BCUT2D eigenvalue weighted by Crippen LogP contribution is 2.28. The molecule has 3 heterocycles. The second-order valence-electron chi connectivity index (χ2n) is 7.81. The lowest BCUT2D eigenvalue weighted by Gasteiger charge is -2.23. The molecule has 11 heteroatoms. The Morgan fingerprint density at radius 1 is 1.23 bits per heavy atom. The maximum absolute atomic E-state index is 12.9. The number of anilines is 2. The van der Waals surface area contributed by atoms with Gasteiger partial charge in [-0.15, -0.1) is 0 Å². The minimum atomic E-state index is -3.10. The van der Waals surface area contributed by atoms with E-state index < -0.39 is 15.7 Å². The van der Waals surface area contributed by atoms with Crippen LogP contribution in [0.15, 0.2) is 29.4 Å². The molecule has 9 nitrogen and oxygen atoms in total. The zero-order valence-electron chi connectivity index (χ0n) is 17.1. The lowest BCUT2D eigenvalue weighted by Crippen LogP contribution is -2.36. The third-order valence-electron chi connectivity index (χ3n) is 5.35. The summed E-state index contributed by atoms with van der Waals surface area (Å²) in [5.41, 5.74) is 2.22. The van der Waals surface area contributed by atoms with Gasteiger partial charge in [0.15, 0.2) is 9.84 Å². The van der Waals surface area contributed by atoms with Crippen molar-refractivity contribution in [2.24, 2.45) is 5.10 Å². The number of amides is 2. The molecule has 1 saturated heterocycles. The number of hydrogen-bond donors (Lipinski definition) is 1. The Morgan fingerprint density at radius 3 is 2.68 bits per heavy atom. The number of nitrogens with zero attached hydrogens (tertiary/aromatic N) is 4. The van der Waals surface area contributed by atoms with Gasteiger partial charge in [0, 0.05) is 23.9 Å². The monoisotopic (exact) mass is 463 g/mol. The predicted octanol–water partition coefficient (Wildman–Crippen LogP) is 2.63. The van der Waals surface area contributed by atoms with E-state index in [0.717, 1.165) is 5.56 Å². The van der Waals surface area contributed by atoms with Crippen LogP contribution in [0.1, 0.15) is 36.6 Å². The second kappa shape index (κ2) is 8.08. The molecule has 164 valence electrons. The third-order valence-corrected chi connectivity index (χ3v) is 7.51. The highest BCUT2D eigenvalue weighted by atomic mass is 35.5. The van der Waals surface area contributed by atoms with Crippen LogP contribution in [0.5, 0.6) is 0 Å². The predicted molar refractivity (Wildman–Crippen MR) is 118 cm³/mol. The standard InChI is InChI=1S/C20H22ClN5O4S/c1-12-3-4-14(10-16(12)21)26-19(27)6-5-17(24-26)20(28)22-18-9-13(2)23-25(18)15-7-8-31(29,30)11-15/h3-4,9-10,15H,5-8,11H2,1-2H3,(H,22,28). The number of sulfone groups is 1. The normalized spacial score (nSPS) is 20.6. The lowest BCUT2D eigenvalue weighted by atomic mass is 10.1. The molecule has 2 aliphatic heterocycles. The van der Waals surface area contributed by atoms with E-state index in [9.17, 15) is 18.0 Å². The second-order valence-corrected chi connectivity index (χ2v) is 10.4. The zero-order chi connectivity index (χ0) is 22.3. The van der Waals surface area contributed by atoms with Crippen LogP contribution in [0.25, 0.3) is 0 Å². The maximum atomic E-state index is 12.9. The van der Waals surface area contributed by atoms with Gasteiger partial charge in [-0.1, -0.05) is 17.7 Å². The highest BCUT2D eigenvalue weighted by molar-refractivity contribution is 7.91. The number of benzene rings is 1. The maximum Gasteiger partial charge on any atom is 0.273 e. The fraction of sp³-hybridized carbons (Fsp3) is 0.400. The van der Waals surface area contributed by atoms with Gasteiger partial charge < -0.3 is 5.32 Å². The number of halogens is 1. The molecule has 0 radical (unpaired) electrons. The number of hydrazone groups is 1. The lowest BCUT2D eigenvalue weighted by molar-refractivity contribution is -0.118. The van der Waals surface area contributed by atoms with Crippen LogP contribution in [0, 0.1) is 13.8 Å². The summed E-state index contributed by atoms with van der Waals surface area (Å²) in [5, 5.41) is 13.1. The number of carbonyl (C=O) groups is 2. The molecule has 1 aromatic carbocycles. The van der Waals surface area contributed by atoms with Crippen molar-refractivity contribution in [1.29, 1.82) is 0 Å². The van der Waals surface area contributed by atoms with Crippen molar-refractivity contribution in [2.45, 2.75) is 39.2 Å². The first-order chi connectivity index (χ1) is 14.6. The van der Waals surface area contributed by atoms with E-state index in [2.05, 4.69) is 15.5 Å². The fourth-order valence-corrected chi connectivity index (χ4v) is 5.54. The van der Waals surface area contributed by atoms with Crippen molar-refractivity contribution in [3.05, 3.63) is 40.5 Å². The Morgan fingerprint density at radius 2 is 2.00 bits per heavy atom. The molecule has 2 aliphatic rings. The molecular weight excluding hydrogens is 442 g/mol. The molecule has 1 aromatic heterocycles. The first kappa shape index (κ1) is 21.5. The van der Waals surface area contributed by atoms with Gasteiger partial charge in [0.2, 0.25) is 5.91 Å². The number of hydrogen-bond acceptors (Lipinski definition) is 6. The molecule has 0 saturated carbocycles. The summed E-state index contributed by atoms with van der Waals surface area (Å²) in [5.74, 6) is -0.179. The molecule has 1 fully saturated rings. The molecule has 31 heavy (non-hydrogen) atoms. The minimum Gasteiger partial charge on any atom is -0.306 e. The van der Waals surface area contributed by atoms with E-state index in [1.807, 2.05) is 6.92 Å². The van der Waals surface area contributed by atoms with Gasteiger partial charge in [0.05, 0.1) is 28.9 Å². The van der Waals surface area contributed by atoms with E-state index in [1.165, 1.54) is 5.01 Å². The summed E-state index contributed by atoms with van der Waals surface area (Å²) in [7, 11) is -3.10. The molecular formula is C20H22ClN5O4S. The fourth-order valence-electron chi connectivity index (χ4n) is 3.68. The Kier molecular flexibility index (Phi) is 5.61. The molecule has 2 aromatic rings. The summed E-state index contributed by atoms with van der Waals surface area (Å²) in [4.78, 5) is 25.3. The zero-order valence-corrected chi connectivity index (χ0v) is 18.7. The van der Waals surface area contributed by atoms with Crippen molar-refractivity contribution >= 4 is 50.5 Å². The molecule has 4 rings (SSSR count). The number of rotatable bonds is 4. The molecule has 0 spiro atoms. The molecule has 0 aliphatic carbocycles. The van der Waals surface area contributed by atoms with Crippen LogP contribution >= 0.6 is 11.6 Å². The van der Waals surface area contributed by atoms with Gasteiger partial charge in [0.25, 0.3) is 5.91 Å². The van der Waals surface area contributed by atoms with Gasteiger partial charge in [-0.3, -0.25) is 9.59 Å². The Labute approximate surface area is 185 Å². The van der Waals surface area contributed by atoms with Crippen LogP contribution in [0.2, 0.25) is 5.02 Å². The van der Waals surface area contributed by atoms with E-state index >= 15 is 0 Å². The van der Waals surface area contributed by atoms with Crippen LogP contribution in [-0.4, -0.2) is 47.2 Å². The highest BCUT2D eigenvalue weighted by Gasteiger charge is 2.32. The third kappa shape index (κ3) is 4.49. The molecule has 1 N–H and O–H groups in total. The topological polar surface area (TPSA) is 114 Å². The van der Waals surface area contributed by atoms with Gasteiger partial charge in [-0.2, -0.15) is 10.2 Å². The van der Waals surface area contributed by atoms with Gasteiger partial charge >= 0.3 is 0 Å². The van der Waals surface area contributed by atoms with Crippen LogP contribution in [-0.2, 0) is 19.4 Å². The minimum absolute atomic E-state index is 0.00556. The largest absolute Gasteiger partial charge is 0.306 e. The average molecular weight is 464 g/mol. The van der Waals surface area contributed by atoms with Crippen molar-refractivity contribution < 1.29 is 18.0 Å². The number of aryl methyl sites for hydroxylation is 2.